The van der Waals surface area contributed by atoms with Gasteiger partial charge in [-0.05, 0) is 31.2 Å². The molecular weight excluding hydrogens is 358 g/mol. The van der Waals surface area contributed by atoms with Crippen molar-refractivity contribution in [3.63, 3.8) is 0 Å². The molecule has 1 aromatic heterocycles. The lowest BCUT2D eigenvalue weighted by atomic mass is 10.1. The van der Waals surface area contributed by atoms with Gasteiger partial charge in [-0.3, -0.25) is 14.4 Å². The fourth-order valence-electron chi connectivity index (χ4n) is 3.37. The van der Waals surface area contributed by atoms with E-state index < -0.39 is 0 Å². The van der Waals surface area contributed by atoms with Crippen LogP contribution in [-0.2, 0) is 11.3 Å². The summed E-state index contributed by atoms with van der Waals surface area (Å²) in [5.41, 5.74) is 1.33. The Balaban J connectivity index is 1.54. The molecule has 0 N–H and O–H groups in total. The smallest absolute Gasteiger partial charge is 0.254 e. The molecule has 1 fully saturated rings. The standard InChI is InChI=1S/C21H25N3O4/c1-16-5-3-8-20(26)24(16)10-9-19(25)22-11-13-23(14-12-22)21(27)17-6-4-7-18(15-17)28-2/h3-8,15H,9-14H2,1-2H3. The van der Waals surface area contributed by atoms with E-state index in [1.165, 1.54) is 6.07 Å². The van der Waals surface area contributed by atoms with E-state index in [9.17, 15) is 14.4 Å². The lowest BCUT2D eigenvalue weighted by Gasteiger charge is -2.35. The molecule has 7 heteroatoms. The van der Waals surface area contributed by atoms with Crippen LogP contribution in [0.15, 0.2) is 47.3 Å². The van der Waals surface area contributed by atoms with Crippen molar-refractivity contribution in [1.82, 2.24) is 14.4 Å². The van der Waals surface area contributed by atoms with Crippen molar-refractivity contribution in [3.8, 4) is 5.75 Å². The van der Waals surface area contributed by atoms with Crippen molar-refractivity contribution in [2.45, 2.75) is 19.9 Å². The first-order chi connectivity index (χ1) is 13.5. The van der Waals surface area contributed by atoms with Crippen molar-refractivity contribution >= 4 is 11.8 Å². The fourth-order valence-corrected chi connectivity index (χ4v) is 3.37. The Morgan fingerprint density at radius 3 is 2.36 bits per heavy atom. The van der Waals surface area contributed by atoms with Gasteiger partial charge in [-0.25, -0.2) is 0 Å². The molecule has 0 unspecified atom stereocenters. The maximum Gasteiger partial charge on any atom is 0.254 e. The Bertz CT molecular complexity index is 914. The van der Waals surface area contributed by atoms with E-state index in [2.05, 4.69) is 0 Å². The number of pyridine rings is 1. The first kappa shape index (κ1) is 19.7. The van der Waals surface area contributed by atoms with Crippen LogP contribution in [0, 0.1) is 6.92 Å². The SMILES string of the molecule is COc1cccc(C(=O)N2CCN(C(=O)CCn3c(C)cccc3=O)CC2)c1. The molecule has 0 atom stereocenters. The first-order valence-electron chi connectivity index (χ1n) is 9.37. The summed E-state index contributed by atoms with van der Waals surface area (Å²) in [7, 11) is 1.57. The van der Waals surface area contributed by atoms with E-state index in [0.717, 1.165) is 5.69 Å². The highest BCUT2D eigenvalue weighted by atomic mass is 16.5. The summed E-state index contributed by atoms with van der Waals surface area (Å²) in [5.74, 6) is 0.590. The number of aromatic nitrogens is 1. The Morgan fingerprint density at radius 1 is 1.00 bits per heavy atom. The number of carbonyl (C=O) groups excluding carboxylic acids is 2. The normalized spacial score (nSPS) is 14.1. The van der Waals surface area contributed by atoms with Gasteiger partial charge in [-0.15, -0.1) is 0 Å². The van der Waals surface area contributed by atoms with Crippen LogP contribution < -0.4 is 10.3 Å². The molecule has 2 aromatic rings. The highest BCUT2D eigenvalue weighted by Crippen LogP contribution is 2.16. The van der Waals surface area contributed by atoms with Gasteiger partial charge < -0.3 is 19.1 Å². The van der Waals surface area contributed by atoms with E-state index in [1.54, 1.807) is 51.8 Å². The molecule has 1 aliphatic rings. The number of rotatable bonds is 5. The quantitative estimate of drug-likeness (QED) is 0.785. The maximum atomic E-state index is 12.7. The van der Waals surface area contributed by atoms with Gasteiger partial charge in [0.2, 0.25) is 5.91 Å². The average Bonchev–Trinajstić information content (AvgIpc) is 2.73. The van der Waals surface area contributed by atoms with Crippen LogP contribution in [0.3, 0.4) is 0 Å². The second kappa shape index (κ2) is 8.73. The average molecular weight is 383 g/mol. The summed E-state index contributed by atoms with van der Waals surface area (Å²) in [4.78, 5) is 40.6. The maximum absolute atomic E-state index is 12.7. The van der Waals surface area contributed by atoms with Gasteiger partial charge in [0, 0.05) is 56.5 Å². The van der Waals surface area contributed by atoms with E-state index in [1.807, 2.05) is 13.0 Å². The van der Waals surface area contributed by atoms with Crippen molar-refractivity contribution < 1.29 is 14.3 Å². The van der Waals surface area contributed by atoms with E-state index >= 15 is 0 Å². The number of hydrogen-bond donors (Lipinski definition) is 0. The van der Waals surface area contributed by atoms with Gasteiger partial charge in [0.25, 0.3) is 11.5 Å². The molecule has 7 nitrogen and oxygen atoms in total. The summed E-state index contributed by atoms with van der Waals surface area (Å²) >= 11 is 0. The van der Waals surface area contributed by atoms with Crippen LogP contribution >= 0.6 is 0 Å². The fraction of sp³-hybridized carbons (Fsp3) is 0.381. The monoisotopic (exact) mass is 383 g/mol. The number of hydrogen-bond acceptors (Lipinski definition) is 4. The van der Waals surface area contributed by atoms with Crippen LogP contribution in [-0.4, -0.2) is 59.5 Å². The third kappa shape index (κ3) is 4.42. The Morgan fingerprint density at radius 2 is 1.68 bits per heavy atom. The minimum Gasteiger partial charge on any atom is -0.497 e. The van der Waals surface area contributed by atoms with Gasteiger partial charge in [-0.1, -0.05) is 12.1 Å². The number of amides is 2. The number of benzene rings is 1. The Hall–Kier alpha value is -3.09. The zero-order valence-corrected chi connectivity index (χ0v) is 16.3. The second-order valence-electron chi connectivity index (χ2n) is 6.81. The number of methoxy groups -OCH3 is 1. The van der Waals surface area contributed by atoms with E-state index in [0.29, 0.717) is 44.0 Å². The van der Waals surface area contributed by atoms with Crippen LogP contribution in [0.4, 0.5) is 0 Å². The lowest BCUT2D eigenvalue weighted by Crippen LogP contribution is -2.50. The van der Waals surface area contributed by atoms with Crippen LogP contribution in [0.2, 0.25) is 0 Å². The summed E-state index contributed by atoms with van der Waals surface area (Å²) in [6.07, 6.45) is 0.272. The first-order valence-corrected chi connectivity index (χ1v) is 9.37. The molecule has 148 valence electrons. The summed E-state index contributed by atoms with van der Waals surface area (Å²) in [6, 6.07) is 12.2. The Labute approximate surface area is 164 Å². The van der Waals surface area contributed by atoms with E-state index in [-0.39, 0.29) is 23.8 Å². The lowest BCUT2D eigenvalue weighted by molar-refractivity contribution is -0.132. The minimum atomic E-state index is -0.0958. The topological polar surface area (TPSA) is 71.8 Å². The van der Waals surface area contributed by atoms with Gasteiger partial charge in [0.05, 0.1) is 7.11 Å². The number of piperazine rings is 1. The highest BCUT2D eigenvalue weighted by Gasteiger charge is 2.25. The zero-order valence-electron chi connectivity index (χ0n) is 16.3. The molecule has 0 bridgehead atoms. The summed E-state index contributed by atoms with van der Waals surface area (Å²) in [5, 5.41) is 0. The van der Waals surface area contributed by atoms with Crippen molar-refractivity contribution in [3.05, 3.63) is 64.1 Å². The summed E-state index contributed by atoms with van der Waals surface area (Å²) < 4.78 is 6.78. The molecule has 3 rings (SSSR count). The van der Waals surface area contributed by atoms with Gasteiger partial charge in [-0.2, -0.15) is 0 Å². The van der Waals surface area contributed by atoms with Gasteiger partial charge in [0.15, 0.2) is 0 Å². The molecule has 0 saturated carbocycles. The molecule has 2 amide bonds. The predicted molar refractivity (Wildman–Crippen MR) is 106 cm³/mol. The highest BCUT2D eigenvalue weighted by molar-refractivity contribution is 5.94. The van der Waals surface area contributed by atoms with Crippen LogP contribution in [0.1, 0.15) is 22.5 Å². The molecule has 28 heavy (non-hydrogen) atoms. The van der Waals surface area contributed by atoms with Gasteiger partial charge >= 0.3 is 0 Å². The number of nitrogens with zero attached hydrogens (tertiary/aromatic N) is 3. The van der Waals surface area contributed by atoms with E-state index in [4.69, 9.17) is 4.74 Å². The molecule has 0 aliphatic carbocycles. The van der Waals surface area contributed by atoms with Crippen molar-refractivity contribution in [2.75, 3.05) is 33.3 Å². The van der Waals surface area contributed by atoms with Crippen molar-refractivity contribution in [1.29, 1.82) is 0 Å². The number of aryl methyl sites for hydroxylation is 1. The molecule has 1 aromatic carbocycles. The Kier molecular flexibility index (Phi) is 6.13. The number of carbonyl (C=O) groups is 2. The molecule has 1 aliphatic heterocycles. The molecular formula is C21H25N3O4. The molecule has 1 saturated heterocycles. The second-order valence-corrected chi connectivity index (χ2v) is 6.81. The van der Waals surface area contributed by atoms with Crippen LogP contribution in [0.25, 0.3) is 0 Å². The molecule has 0 spiro atoms. The van der Waals surface area contributed by atoms with Gasteiger partial charge in [0.1, 0.15) is 5.75 Å². The summed E-state index contributed by atoms with van der Waals surface area (Å²) in [6.45, 7) is 4.20. The molecule has 2 heterocycles. The number of ether oxygens (including phenoxy) is 1. The predicted octanol–water partition coefficient (Wildman–Crippen LogP) is 1.54. The largest absolute Gasteiger partial charge is 0.497 e. The molecule has 0 radical (unpaired) electrons. The minimum absolute atomic E-state index is 0.00336. The third-order valence-electron chi connectivity index (χ3n) is 5.05. The third-order valence-corrected chi connectivity index (χ3v) is 5.05. The van der Waals surface area contributed by atoms with Crippen molar-refractivity contribution in [2.24, 2.45) is 0 Å². The zero-order chi connectivity index (χ0) is 20.1. The van der Waals surface area contributed by atoms with Crippen LogP contribution in [0.5, 0.6) is 5.75 Å².